The van der Waals surface area contributed by atoms with E-state index in [4.69, 9.17) is 5.41 Å². The first-order valence-corrected chi connectivity index (χ1v) is 6.40. The Labute approximate surface area is 99.9 Å². The molecule has 0 spiro atoms. The molecular weight excluding hydrogens is 218 g/mol. The predicted octanol–water partition coefficient (Wildman–Crippen LogP) is 2.29. The van der Waals surface area contributed by atoms with Crippen molar-refractivity contribution in [3.8, 4) is 0 Å². The van der Waals surface area contributed by atoms with Gasteiger partial charge in [0.1, 0.15) is 5.84 Å². The quantitative estimate of drug-likeness (QED) is 0.784. The number of aliphatic imine (C=N–C) groups is 1. The lowest BCUT2D eigenvalue weighted by Gasteiger charge is -2.04. The first-order valence-electron chi connectivity index (χ1n) is 5.41. The third-order valence-corrected chi connectivity index (χ3v) is 3.27. The fraction of sp³-hybridized carbons (Fsp3) is 0.333. The van der Waals surface area contributed by atoms with E-state index >= 15 is 0 Å². The zero-order valence-corrected chi connectivity index (χ0v) is 9.89. The Balaban J connectivity index is 1.66. The van der Waals surface area contributed by atoms with E-state index in [0.29, 0.717) is 11.6 Å². The molecule has 0 aliphatic carbocycles. The number of hydrogen-bond donors (Lipinski definition) is 2. The summed E-state index contributed by atoms with van der Waals surface area (Å²) in [7, 11) is 0. The molecule has 1 aromatic rings. The molecule has 4 heteroatoms. The van der Waals surface area contributed by atoms with Crippen LogP contribution in [0.4, 0.5) is 0 Å². The minimum atomic E-state index is 0.468. The highest BCUT2D eigenvalue weighted by Crippen LogP contribution is 2.10. The van der Waals surface area contributed by atoms with E-state index in [1.165, 1.54) is 5.56 Å². The van der Waals surface area contributed by atoms with Crippen LogP contribution in [0.15, 0.2) is 35.3 Å². The Kier molecular flexibility index (Phi) is 3.99. The molecule has 0 radical (unpaired) electrons. The summed E-state index contributed by atoms with van der Waals surface area (Å²) < 4.78 is 0. The molecule has 1 heterocycles. The van der Waals surface area contributed by atoms with Gasteiger partial charge >= 0.3 is 0 Å². The SMILES string of the molecule is N=C1CSC(NCCCc2ccccc2)=N1. The number of nitrogens with zero attached hydrogens (tertiary/aromatic N) is 1. The highest BCUT2D eigenvalue weighted by atomic mass is 32.2. The third-order valence-electron chi connectivity index (χ3n) is 2.34. The molecule has 2 rings (SSSR count). The highest BCUT2D eigenvalue weighted by molar-refractivity contribution is 8.14. The van der Waals surface area contributed by atoms with Gasteiger partial charge in [0.2, 0.25) is 0 Å². The largest absolute Gasteiger partial charge is 0.365 e. The van der Waals surface area contributed by atoms with Gasteiger partial charge in [-0.05, 0) is 18.4 Å². The summed E-state index contributed by atoms with van der Waals surface area (Å²) in [6.45, 7) is 0.925. The summed E-state index contributed by atoms with van der Waals surface area (Å²) in [5.41, 5.74) is 1.37. The standard InChI is InChI=1S/C12H15N3S/c13-11-9-16-12(15-11)14-8-4-7-10-5-2-1-3-6-10/h1-3,5-6H,4,7-9H2,(H2,13,14,15). The van der Waals surface area contributed by atoms with Crippen molar-refractivity contribution >= 4 is 22.8 Å². The second-order valence-electron chi connectivity index (χ2n) is 3.67. The minimum absolute atomic E-state index is 0.468. The van der Waals surface area contributed by atoms with Crippen molar-refractivity contribution in [3.63, 3.8) is 0 Å². The summed E-state index contributed by atoms with van der Waals surface area (Å²) in [5, 5.41) is 11.5. The molecule has 0 bridgehead atoms. The van der Waals surface area contributed by atoms with Gasteiger partial charge in [-0.3, -0.25) is 5.41 Å². The molecule has 1 aliphatic rings. The number of nitrogens with one attached hydrogen (secondary N) is 2. The number of rotatable bonds is 4. The fourth-order valence-electron chi connectivity index (χ4n) is 1.55. The fourth-order valence-corrected chi connectivity index (χ4v) is 2.26. The molecule has 3 nitrogen and oxygen atoms in total. The number of hydrogen-bond acceptors (Lipinski definition) is 3. The van der Waals surface area contributed by atoms with Gasteiger partial charge in [-0.15, -0.1) is 0 Å². The Morgan fingerprint density at radius 3 is 2.81 bits per heavy atom. The molecule has 0 amide bonds. The van der Waals surface area contributed by atoms with E-state index < -0.39 is 0 Å². The second kappa shape index (κ2) is 5.70. The third kappa shape index (κ3) is 3.38. The molecule has 0 saturated heterocycles. The molecular formula is C12H15N3S. The van der Waals surface area contributed by atoms with Crippen LogP contribution in [0, 0.1) is 5.41 Å². The van der Waals surface area contributed by atoms with E-state index in [-0.39, 0.29) is 0 Å². The van der Waals surface area contributed by atoms with Crippen molar-refractivity contribution in [2.75, 3.05) is 12.3 Å². The van der Waals surface area contributed by atoms with Gasteiger partial charge in [-0.25, -0.2) is 4.99 Å². The van der Waals surface area contributed by atoms with E-state index in [0.717, 1.165) is 24.6 Å². The zero-order chi connectivity index (χ0) is 11.2. The summed E-state index contributed by atoms with van der Waals surface area (Å²) >= 11 is 1.61. The van der Waals surface area contributed by atoms with E-state index in [1.807, 2.05) is 6.07 Å². The normalized spacial score (nSPS) is 15.0. The van der Waals surface area contributed by atoms with Crippen LogP contribution in [0.2, 0.25) is 0 Å². The van der Waals surface area contributed by atoms with Crippen LogP contribution >= 0.6 is 11.8 Å². The Morgan fingerprint density at radius 2 is 2.12 bits per heavy atom. The average Bonchev–Trinajstić information content (AvgIpc) is 2.72. The van der Waals surface area contributed by atoms with E-state index in [1.54, 1.807) is 11.8 Å². The zero-order valence-electron chi connectivity index (χ0n) is 9.07. The summed E-state index contributed by atoms with van der Waals surface area (Å²) in [6.07, 6.45) is 2.18. The number of thioether (sulfide) groups is 1. The van der Waals surface area contributed by atoms with Crippen LogP contribution in [0.3, 0.4) is 0 Å². The highest BCUT2D eigenvalue weighted by Gasteiger charge is 2.10. The predicted molar refractivity (Wildman–Crippen MR) is 70.4 cm³/mol. The maximum Gasteiger partial charge on any atom is 0.163 e. The van der Waals surface area contributed by atoms with Gasteiger partial charge in [-0.1, -0.05) is 42.1 Å². The molecule has 0 saturated carbocycles. The number of benzene rings is 1. The lowest BCUT2D eigenvalue weighted by Crippen LogP contribution is -2.20. The molecule has 2 N–H and O–H groups in total. The van der Waals surface area contributed by atoms with Crippen LogP contribution in [-0.2, 0) is 6.42 Å². The molecule has 0 fully saturated rings. The minimum Gasteiger partial charge on any atom is -0.365 e. The topological polar surface area (TPSA) is 48.2 Å². The molecule has 0 unspecified atom stereocenters. The van der Waals surface area contributed by atoms with Crippen molar-refractivity contribution in [1.29, 1.82) is 5.41 Å². The summed E-state index contributed by atoms with van der Waals surface area (Å²) in [6, 6.07) is 10.5. The van der Waals surface area contributed by atoms with E-state index in [9.17, 15) is 0 Å². The smallest absolute Gasteiger partial charge is 0.163 e. The van der Waals surface area contributed by atoms with Crippen molar-refractivity contribution in [2.45, 2.75) is 12.8 Å². The first-order chi connectivity index (χ1) is 7.84. The van der Waals surface area contributed by atoms with Gasteiger partial charge in [0.25, 0.3) is 0 Å². The van der Waals surface area contributed by atoms with Gasteiger partial charge in [0, 0.05) is 6.54 Å². The van der Waals surface area contributed by atoms with Crippen LogP contribution in [0.5, 0.6) is 0 Å². The molecule has 1 aliphatic heterocycles. The monoisotopic (exact) mass is 233 g/mol. The van der Waals surface area contributed by atoms with Crippen molar-refractivity contribution in [1.82, 2.24) is 5.32 Å². The van der Waals surface area contributed by atoms with Crippen LogP contribution < -0.4 is 5.32 Å². The number of aryl methyl sites for hydroxylation is 1. The van der Waals surface area contributed by atoms with Crippen LogP contribution in [0.1, 0.15) is 12.0 Å². The van der Waals surface area contributed by atoms with Crippen molar-refractivity contribution in [2.24, 2.45) is 4.99 Å². The van der Waals surface area contributed by atoms with Gasteiger partial charge in [0.05, 0.1) is 5.75 Å². The molecule has 16 heavy (non-hydrogen) atoms. The molecule has 1 aromatic carbocycles. The maximum atomic E-state index is 7.35. The summed E-state index contributed by atoms with van der Waals surface area (Å²) in [4.78, 5) is 4.08. The molecule has 0 aromatic heterocycles. The second-order valence-corrected chi connectivity index (χ2v) is 4.63. The lowest BCUT2D eigenvalue weighted by molar-refractivity contribution is 0.779. The van der Waals surface area contributed by atoms with Crippen LogP contribution in [-0.4, -0.2) is 23.3 Å². The van der Waals surface area contributed by atoms with Gasteiger partial charge in [-0.2, -0.15) is 0 Å². The number of amidine groups is 2. The maximum absolute atomic E-state index is 7.35. The summed E-state index contributed by atoms with van der Waals surface area (Å²) in [5.74, 6) is 1.18. The van der Waals surface area contributed by atoms with E-state index in [2.05, 4.69) is 34.6 Å². The van der Waals surface area contributed by atoms with Gasteiger partial charge in [0.15, 0.2) is 5.17 Å². The first kappa shape index (κ1) is 11.2. The molecule has 0 atom stereocenters. The van der Waals surface area contributed by atoms with Gasteiger partial charge < -0.3 is 5.32 Å². The van der Waals surface area contributed by atoms with Crippen molar-refractivity contribution in [3.05, 3.63) is 35.9 Å². The Morgan fingerprint density at radius 1 is 1.31 bits per heavy atom. The Hall–Kier alpha value is -1.29. The van der Waals surface area contributed by atoms with Crippen LogP contribution in [0.25, 0.3) is 0 Å². The lowest BCUT2D eigenvalue weighted by atomic mass is 10.1. The molecule has 84 valence electrons. The average molecular weight is 233 g/mol. The van der Waals surface area contributed by atoms with Crippen molar-refractivity contribution < 1.29 is 0 Å². The Bertz CT molecular complexity index is 387.